The van der Waals surface area contributed by atoms with Crippen LogP contribution in [0.4, 0.5) is 9.52 Å². The molecule has 1 atom stereocenters. The Balaban J connectivity index is 1.90. The lowest BCUT2D eigenvalue weighted by Crippen LogP contribution is -2.50. The van der Waals surface area contributed by atoms with E-state index in [2.05, 4.69) is 15.6 Å². The lowest BCUT2D eigenvalue weighted by molar-refractivity contribution is -0.142. The molecule has 0 fully saturated rings. The Kier molecular flexibility index (Phi) is 9.30. The van der Waals surface area contributed by atoms with Gasteiger partial charge in [0, 0.05) is 36.5 Å². The Morgan fingerprint density at radius 3 is 2.36 bits per heavy atom. The maximum Gasteiger partial charge on any atom is 0.247 e. The van der Waals surface area contributed by atoms with Crippen LogP contribution < -0.4 is 10.6 Å². The number of anilines is 1. The number of carbonyl (C=O) groups excluding carboxylic acids is 3. The zero-order chi connectivity index (χ0) is 26.1. The number of hydrogen-bond donors (Lipinski definition) is 2. The van der Waals surface area contributed by atoms with Crippen molar-refractivity contribution < 1.29 is 18.8 Å². The van der Waals surface area contributed by atoms with Crippen molar-refractivity contribution in [3.8, 4) is 0 Å². The second-order valence-corrected chi connectivity index (χ2v) is 9.97. The fourth-order valence-electron chi connectivity index (χ4n) is 3.54. The van der Waals surface area contributed by atoms with E-state index in [9.17, 15) is 18.8 Å². The molecule has 0 aliphatic carbocycles. The topological polar surface area (TPSA) is 91.4 Å². The van der Waals surface area contributed by atoms with Gasteiger partial charge in [-0.3, -0.25) is 14.4 Å². The highest BCUT2D eigenvalue weighted by Gasteiger charge is 2.34. The van der Waals surface area contributed by atoms with Gasteiger partial charge in [0.1, 0.15) is 11.9 Å². The predicted octanol–water partition coefficient (Wildman–Crippen LogP) is 5.08. The van der Waals surface area contributed by atoms with E-state index in [1.807, 2.05) is 51.1 Å². The van der Waals surface area contributed by atoms with E-state index < -0.39 is 17.4 Å². The molecule has 0 saturated heterocycles. The van der Waals surface area contributed by atoms with Crippen LogP contribution in [0.25, 0.3) is 0 Å². The first kappa shape index (κ1) is 27.0. The van der Waals surface area contributed by atoms with Crippen LogP contribution in [0.5, 0.6) is 0 Å². The van der Waals surface area contributed by atoms with Crippen LogP contribution in [-0.2, 0) is 20.9 Å². The van der Waals surface area contributed by atoms with Gasteiger partial charge in [-0.05, 0) is 43.5 Å². The van der Waals surface area contributed by atoms with Crippen molar-refractivity contribution in [1.29, 1.82) is 0 Å². The van der Waals surface area contributed by atoms with Crippen molar-refractivity contribution >= 4 is 34.2 Å². The molecule has 3 aromatic rings. The van der Waals surface area contributed by atoms with E-state index in [0.717, 1.165) is 5.56 Å². The van der Waals surface area contributed by atoms with Crippen molar-refractivity contribution in [2.75, 3.05) is 5.32 Å². The summed E-state index contributed by atoms with van der Waals surface area (Å²) < 4.78 is 13.7. The molecular formula is C27H31FN4O3S. The standard InChI is InChI=1S/C27H31FN4O3S/c1-4-27(2,3)31-25(35)24(20-10-12-21(28)13-11-20)32(18-19-8-6-5-7-9-19)23(34)15-14-22(33)30-26-29-16-17-36-26/h5-13,16-17,24H,4,14-15,18H2,1-3H3,(H,31,35)(H,29,30,33)/t24-/m1/s1. The lowest BCUT2D eigenvalue weighted by Gasteiger charge is -2.34. The van der Waals surface area contributed by atoms with E-state index in [-0.39, 0.29) is 37.1 Å². The third-order valence-electron chi connectivity index (χ3n) is 5.85. The summed E-state index contributed by atoms with van der Waals surface area (Å²) in [4.78, 5) is 45.0. The van der Waals surface area contributed by atoms with Crippen LogP contribution in [0.2, 0.25) is 0 Å². The number of benzene rings is 2. The predicted molar refractivity (Wildman–Crippen MR) is 139 cm³/mol. The minimum Gasteiger partial charge on any atom is -0.349 e. The molecule has 190 valence electrons. The van der Waals surface area contributed by atoms with Gasteiger partial charge in [-0.1, -0.05) is 49.4 Å². The first-order valence-corrected chi connectivity index (χ1v) is 12.7. The Morgan fingerprint density at radius 2 is 1.75 bits per heavy atom. The van der Waals surface area contributed by atoms with Gasteiger partial charge >= 0.3 is 0 Å². The lowest BCUT2D eigenvalue weighted by atomic mass is 9.98. The number of carbonyl (C=O) groups is 3. The van der Waals surface area contributed by atoms with Crippen LogP contribution in [0.3, 0.4) is 0 Å². The van der Waals surface area contributed by atoms with Crippen LogP contribution in [0.15, 0.2) is 66.2 Å². The molecule has 7 nitrogen and oxygen atoms in total. The largest absolute Gasteiger partial charge is 0.349 e. The molecule has 9 heteroatoms. The maximum absolute atomic E-state index is 13.7. The summed E-state index contributed by atoms with van der Waals surface area (Å²) >= 11 is 1.29. The number of nitrogens with zero attached hydrogens (tertiary/aromatic N) is 2. The summed E-state index contributed by atoms with van der Waals surface area (Å²) in [5.41, 5.74) is 0.801. The third-order valence-corrected chi connectivity index (χ3v) is 6.54. The highest BCUT2D eigenvalue weighted by atomic mass is 32.1. The van der Waals surface area contributed by atoms with Crippen molar-refractivity contribution in [3.05, 3.63) is 83.1 Å². The van der Waals surface area contributed by atoms with Gasteiger partial charge < -0.3 is 15.5 Å². The molecule has 2 N–H and O–H groups in total. The molecular weight excluding hydrogens is 479 g/mol. The summed E-state index contributed by atoms with van der Waals surface area (Å²) in [5.74, 6) is -1.52. The number of hydrogen-bond acceptors (Lipinski definition) is 5. The third kappa shape index (κ3) is 7.71. The van der Waals surface area contributed by atoms with Gasteiger partial charge in [0.25, 0.3) is 0 Å². The SMILES string of the molecule is CCC(C)(C)NC(=O)[C@@H](c1ccc(F)cc1)N(Cc1ccccc1)C(=O)CCC(=O)Nc1nccs1. The maximum atomic E-state index is 13.7. The monoisotopic (exact) mass is 510 g/mol. The van der Waals surface area contributed by atoms with Crippen LogP contribution in [0, 0.1) is 5.82 Å². The van der Waals surface area contributed by atoms with Crippen LogP contribution in [-0.4, -0.2) is 33.1 Å². The zero-order valence-electron chi connectivity index (χ0n) is 20.7. The second-order valence-electron chi connectivity index (χ2n) is 9.07. The highest BCUT2D eigenvalue weighted by molar-refractivity contribution is 7.13. The number of rotatable bonds is 11. The number of nitrogens with one attached hydrogen (secondary N) is 2. The molecule has 0 saturated carbocycles. The summed E-state index contributed by atoms with van der Waals surface area (Å²) in [6, 6.07) is 13.9. The molecule has 0 spiro atoms. The summed E-state index contributed by atoms with van der Waals surface area (Å²) in [5, 5.41) is 7.89. The zero-order valence-corrected chi connectivity index (χ0v) is 21.5. The average molecular weight is 511 g/mol. The van der Waals surface area contributed by atoms with Crippen LogP contribution in [0.1, 0.15) is 57.2 Å². The Bertz CT molecular complexity index is 1150. The number of aromatic nitrogens is 1. The van der Waals surface area contributed by atoms with Gasteiger partial charge in [-0.25, -0.2) is 9.37 Å². The van der Waals surface area contributed by atoms with Gasteiger partial charge in [-0.2, -0.15) is 0 Å². The Hall–Kier alpha value is -3.59. The van der Waals surface area contributed by atoms with Crippen molar-refractivity contribution in [2.45, 2.75) is 58.2 Å². The van der Waals surface area contributed by atoms with Gasteiger partial charge in [0.2, 0.25) is 17.7 Å². The van der Waals surface area contributed by atoms with E-state index in [0.29, 0.717) is 17.1 Å². The molecule has 0 radical (unpaired) electrons. The van der Waals surface area contributed by atoms with Crippen molar-refractivity contribution in [3.63, 3.8) is 0 Å². The van der Waals surface area contributed by atoms with E-state index in [4.69, 9.17) is 0 Å². The first-order chi connectivity index (χ1) is 17.2. The average Bonchev–Trinajstić information content (AvgIpc) is 3.36. The molecule has 1 aromatic heterocycles. The normalized spacial score (nSPS) is 12.0. The number of thiazole rings is 1. The summed E-state index contributed by atoms with van der Waals surface area (Å²) in [7, 11) is 0. The molecule has 0 aliphatic heterocycles. The minimum absolute atomic E-state index is 0.0675. The molecule has 0 unspecified atom stereocenters. The second kappa shape index (κ2) is 12.4. The molecule has 2 aromatic carbocycles. The van der Waals surface area contributed by atoms with Crippen LogP contribution >= 0.6 is 11.3 Å². The number of amides is 3. The number of halogens is 1. The Labute approximate surface area is 214 Å². The summed E-state index contributed by atoms with van der Waals surface area (Å²) in [6.45, 7) is 5.91. The summed E-state index contributed by atoms with van der Waals surface area (Å²) in [6.07, 6.45) is 2.09. The highest BCUT2D eigenvalue weighted by Crippen LogP contribution is 2.27. The molecule has 3 rings (SSSR count). The quantitative estimate of drug-likeness (QED) is 0.377. The van der Waals surface area contributed by atoms with E-state index in [1.54, 1.807) is 11.6 Å². The molecule has 0 bridgehead atoms. The fourth-order valence-corrected chi connectivity index (χ4v) is 4.09. The van der Waals surface area contributed by atoms with Gasteiger partial charge in [0.15, 0.2) is 5.13 Å². The fraction of sp³-hybridized carbons (Fsp3) is 0.333. The van der Waals surface area contributed by atoms with Gasteiger partial charge in [-0.15, -0.1) is 11.3 Å². The van der Waals surface area contributed by atoms with Crippen molar-refractivity contribution in [2.24, 2.45) is 0 Å². The molecule has 0 aliphatic rings. The Morgan fingerprint density at radius 1 is 1.06 bits per heavy atom. The molecule has 3 amide bonds. The van der Waals surface area contributed by atoms with Gasteiger partial charge in [0.05, 0.1) is 0 Å². The van der Waals surface area contributed by atoms with E-state index in [1.165, 1.54) is 40.5 Å². The minimum atomic E-state index is -1.01. The first-order valence-electron chi connectivity index (χ1n) is 11.8. The smallest absolute Gasteiger partial charge is 0.247 e. The van der Waals surface area contributed by atoms with Crippen molar-refractivity contribution in [1.82, 2.24) is 15.2 Å². The van der Waals surface area contributed by atoms with E-state index >= 15 is 0 Å². The molecule has 36 heavy (non-hydrogen) atoms. The molecule has 1 heterocycles.